The van der Waals surface area contributed by atoms with Crippen LogP contribution < -0.4 is 4.74 Å². The zero-order chi connectivity index (χ0) is 25.3. The van der Waals surface area contributed by atoms with E-state index in [2.05, 4.69) is 10.6 Å². The molecule has 9 nitrogen and oxygen atoms in total. The molecule has 36 heavy (non-hydrogen) atoms. The summed E-state index contributed by atoms with van der Waals surface area (Å²) in [7, 11) is 1.65. The van der Waals surface area contributed by atoms with Gasteiger partial charge in [0.05, 0.1) is 32.3 Å². The van der Waals surface area contributed by atoms with Crippen LogP contribution in [0.3, 0.4) is 0 Å². The summed E-state index contributed by atoms with van der Waals surface area (Å²) in [5, 5.41) is 0. The van der Waals surface area contributed by atoms with Crippen molar-refractivity contribution in [3.8, 4) is 17.1 Å². The fourth-order valence-electron chi connectivity index (χ4n) is 4.69. The molecule has 2 aromatic heterocycles. The van der Waals surface area contributed by atoms with Gasteiger partial charge in [0.25, 0.3) is 0 Å². The molecule has 5 rings (SSSR count). The summed E-state index contributed by atoms with van der Waals surface area (Å²) < 4.78 is 18.7. The molecule has 2 aliphatic heterocycles. The molecular weight excluding hydrogens is 458 g/mol. The Kier molecular flexibility index (Phi) is 6.66. The number of methoxy groups -OCH3 is 1. The molecule has 9 heteroatoms. The van der Waals surface area contributed by atoms with E-state index in [4.69, 9.17) is 29.2 Å². The second-order valence-corrected chi connectivity index (χ2v) is 10.2. The monoisotopic (exact) mass is 491 g/mol. The normalized spacial score (nSPS) is 17.2. The van der Waals surface area contributed by atoms with Gasteiger partial charge in [0.15, 0.2) is 11.5 Å². The van der Waals surface area contributed by atoms with E-state index in [1.807, 2.05) is 51.4 Å². The van der Waals surface area contributed by atoms with Gasteiger partial charge in [-0.15, -0.1) is 0 Å². The molecule has 0 aliphatic carbocycles. The number of nitrogens with zero attached hydrogens (tertiary/aromatic N) is 5. The van der Waals surface area contributed by atoms with E-state index < -0.39 is 5.60 Å². The highest BCUT2D eigenvalue weighted by molar-refractivity contribution is 5.87. The fraction of sp³-hybridized carbons (Fsp3) is 0.481. The van der Waals surface area contributed by atoms with Gasteiger partial charge in [0.1, 0.15) is 16.9 Å². The lowest BCUT2D eigenvalue weighted by molar-refractivity contribution is 0.0189. The van der Waals surface area contributed by atoms with E-state index in [1.165, 1.54) is 0 Å². The molecule has 4 heterocycles. The van der Waals surface area contributed by atoms with Crippen LogP contribution in [0.4, 0.5) is 4.79 Å². The van der Waals surface area contributed by atoms with Crippen LogP contribution in [-0.4, -0.2) is 69.5 Å². The zero-order valence-corrected chi connectivity index (χ0v) is 21.4. The van der Waals surface area contributed by atoms with E-state index in [-0.39, 0.29) is 12.1 Å². The van der Waals surface area contributed by atoms with Crippen molar-refractivity contribution in [2.75, 3.05) is 33.4 Å². The van der Waals surface area contributed by atoms with E-state index in [9.17, 15) is 4.79 Å². The Balaban J connectivity index is 1.49. The van der Waals surface area contributed by atoms with Crippen LogP contribution in [0.15, 0.2) is 36.7 Å². The number of ether oxygens (including phenoxy) is 3. The van der Waals surface area contributed by atoms with Crippen LogP contribution in [0.1, 0.15) is 51.8 Å². The molecule has 2 aliphatic rings. The molecule has 0 atom stereocenters. The first-order valence-electron chi connectivity index (χ1n) is 12.5. The van der Waals surface area contributed by atoms with Gasteiger partial charge in [0.2, 0.25) is 0 Å². The highest BCUT2D eigenvalue weighted by Gasteiger charge is 2.29. The number of hydrogen-bond donors (Lipinski definition) is 0. The summed E-state index contributed by atoms with van der Waals surface area (Å²) in [6.45, 7) is 8.15. The first-order chi connectivity index (χ1) is 17.3. The van der Waals surface area contributed by atoms with Crippen molar-refractivity contribution in [1.82, 2.24) is 24.4 Å². The lowest BCUT2D eigenvalue weighted by atomic mass is 10.0. The molecule has 190 valence electrons. The number of rotatable bonds is 4. The van der Waals surface area contributed by atoms with E-state index in [0.717, 1.165) is 53.0 Å². The lowest BCUT2D eigenvalue weighted by Crippen LogP contribution is -2.42. The minimum atomic E-state index is -0.503. The number of imidazole rings is 1. The fourth-order valence-corrected chi connectivity index (χ4v) is 4.69. The molecule has 3 aromatic rings. The molecule has 1 amide bonds. The van der Waals surface area contributed by atoms with Crippen LogP contribution in [0.2, 0.25) is 0 Å². The van der Waals surface area contributed by atoms with Crippen LogP contribution in [0.25, 0.3) is 28.1 Å². The quantitative estimate of drug-likeness (QED) is 0.514. The number of piperidine rings is 1. The van der Waals surface area contributed by atoms with Gasteiger partial charge < -0.3 is 23.7 Å². The number of aromatic nitrogens is 4. The third kappa shape index (κ3) is 5.06. The average Bonchev–Trinajstić information content (AvgIpc) is 3.32. The number of carbonyl (C=O) groups excluding carboxylic acids is 1. The van der Waals surface area contributed by atoms with E-state index >= 15 is 0 Å². The molecule has 1 aromatic carbocycles. The average molecular weight is 492 g/mol. The summed E-state index contributed by atoms with van der Waals surface area (Å²) in [6, 6.07) is 7.97. The third-order valence-corrected chi connectivity index (χ3v) is 6.53. The van der Waals surface area contributed by atoms with Gasteiger partial charge in [-0.1, -0.05) is 18.2 Å². The number of hydrogen-bond acceptors (Lipinski definition) is 7. The smallest absolute Gasteiger partial charge is 0.410 e. The predicted octanol–water partition coefficient (Wildman–Crippen LogP) is 4.88. The summed E-state index contributed by atoms with van der Waals surface area (Å²) in [6.07, 6.45) is 6.08. The van der Waals surface area contributed by atoms with Gasteiger partial charge in [-0.3, -0.25) is 0 Å². The summed E-state index contributed by atoms with van der Waals surface area (Å²) in [5.74, 6) is 1.39. The van der Waals surface area contributed by atoms with Gasteiger partial charge in [-0.2, -0.15) is 0 Å². The van der Waals surface area contributed by atoms with Crippen LogP contribution in [0.5, 0.6) is 5.75 Å². The highest BCUT2D eigenvalue weighted by Crippen LogP contribution is 2.33. The molecule has 0 spiro atoms. The Morgan fingerprint density at radius 2 is 1.97 bits per heavy atom. The number of benzene rings is 1. The second kappa shape index (κ2) is 9.89. The lowest BCUT2D eigenvalue weighted by Gasteiger charge is -2.34. The Morgan fingerprint density at radius 1 is 1.17 bits per heavy atom. The molecule has 1 fully saturated rings. The van der Waals surface area contributed by atoms with Crippen molar-refractivity contribution in [3.05, 3.63) is 42.4 Å². The number of likely N-dealkylation sites (tertiary alicyclic amines) is 1. The molecule has 0 bridgehead atoms. The van der Waals surface area contributed by atoms with Crippen LogP contribution in [-0.2, 0) is 9.47 Å². The van der Waals surface area contributed by atoms with Crippen molar-refractivity contribution < 1.29 is 19.0 Å². The first kappa shape index (κ1) is 24.2. The molecule has 0 unspecified atom stereocenters. The zero-order valence-electron chi connectivity index (χ0n) is 21.4. The second-order valence-electron chi connectivity index (χ2n) is 10.2. The van der Waals surface area contributed by atoms with Gasteiger partial charge >= 0.3 is 6.09 Å². The minimum Gasteiger partial charge on any atom is -0.497 e. The van der Waals surface area contributed by atoms with Crippen LogP contribution in [0, 0.1) is 0 Å². The Hall–Kier alpha value is -3.46. The third-order valence-electron chi connectivity index (χ3n) is 6.53. The van der Waals surface area contributed by atoms with Crippen molar-refractivity contribution >= 4 is 22.8 Å². The van der Waals surface area contributed by atoms with E-state index in [1.54, 1.807) is 12.0 Å². The Morgan fingerprint density at radius 3 is 2.67 bits per heavy atom. The Labute approximate surface area is 211 Å². The molecular formula is C27H33N5O4. The summed E-state index contributed by atoms with van der Waals surface area (Å²) in [4.78, 5) is 29.0. The largest absolute Gasteiger partial charge is 0.497 e. The standard InChI is InChI=1S/C27H33N5O4/c1-27(2,3)36-26(33)31-12-8-20(9-13-31)32-17-28-23-22(18-10-14-35-15-11-18)29-24(30-25(23)32)19-6-5-7-21(16-19)34-4/h5-7,10,16-17,20H,8-9,11-15H2,1-4H3. The van der Waals surface area contributed by atoms with E-state index in [0.29, 0.717) is 32.1 Å². The molecule has 0 radical (unpaired) electrons. The molecule has 0 saturated carbocycles. The van der Waals surface area contributed by atoms with Gasteiger partial charge in [-0.05, 0) is 57.7 Å². The Bertz CT molecular complexity index is 1290. The predicted molar refractivity (Wildman–Crippen MR) is 137 cm³/mol. The molecule has 0 N–H and O–H groups in total. The molecule has 1 saturated heterocycles. The maximum atomic E-state index is 12.5. The van der Waals surface area contributed by atoms with Gasteiger partial charge in [0, 0.05) is 24.7 Å². The number of carbonyl (C=O) groups is 1. The highest BCUT2D eigenvalue weighted by atomic mass is 16.6. The maximum Gasteiger partial charge on any atom is 0.410 e. The van der Waals surface area contributed by atoms with Crippen molar-refractivity contribution in [1.29, 1.82) is 0 Å². The first-order valence-corrected chi connectivity index (χ1v) is 12.5. The topological polar surface area (TPSA) is 91.6 Å². The van der Waals surface area contributed by atoms with Crippen LogP contribution >= 0.6 is 0 Å². The maximum absolute atomic E-state index is 12.5. The summed E-state index contributed by atoms with van der Waals surface area (Å²) >= 11 is 0. The van der Waals surface area contributed by atoms with Crippen molar-refractivity contribution in [2.24, 2.45) is 0 Å². The number of amides is 1. The van der Waals surface area contributed by atoms with Crippen molar-refractivity contribution in [2.45, 2.75) is 51.7 Å². The SMILES string of the molecule is COc1cccc(-c2nc(C3=CCOCC3)c3ncn(C4CCN(C(=O)OC(C)(C)C)CC4)c3n2)c1. The minimum absolute atomic E-state index is 0.179. The van der Waals surface area contributed by atoms with Crippen molar-refractivity contribution in [3.63, 3.8) is 0 Å². The summed E-state index contributed by atoms with van der Waals surface area (Å²) in [5.41, 5.74) is 3.97. The van der Waals surface area contributed by atoms with Gasteiger partial charge in [-0.25, -0.2) is 19.7 Å². The number of fused-ring (bicyclic) bond motifs is 1.